The molecule has 1 unspecified atom stereocenters. The number of carbonyl (C=O) groups excluding carboxylic acids is 1. The van der Waals surface area contributed by atoms with Gasteiger partial charge in [-0.1, -0.05) is 11.8 Å². The van der Waals surface area contributed by atoms with E-state index in [0.29, 0.717) is 13.2 Å². The second-order valence-corrected chi connectivity index (χ2v) is 5.47. The van der Waals surface area contributed by atoms with E-state index in [1.807, 2.05) is 12.1 Å². The number of hydrogen-bond acceptors (Lipinski definition) is 4. The van der Waals surface area contributed by atoms with Gasteiger partial charge in [-0.25, -0.2) is 0 Å². The first-order valence-corrected chi connectivity index (χ1v) is 7.19. The van der Waals surface area contributed by atoms with Crippen LogP contribution in [0.15, 0.2) is 12.1 Å². The minimum atomic E-state index is -0.289. The number of amides is 1. The molecule has 0 aromatic carbocycles. The first kappa shape index (κ1) is 14.1. The lowest BCUT2D eigenvalue weighted by Crippen LogP contribution is -2.37. The summed E-state index contributed by atoms with van der Waals surface area (Å²) in [7, 11) is 0. The smallest absolute Gasteiger partial charge is 0.249 e. The summed E-state index contributed by atoms with van der Waals surface area (Å²) in [5.41, 5.74) is 0. The average Bonchev–Trinajstić information content (AvgIpc) is 2.91. The maximum atomic E-state index is 11.9. The Morgan fingerprint density at radius 2 is 2.42 bits per heavy atom. The molecule has 2 heterocycles. The van der Waals surface area contributed by atoms with Crippen molar-refractivity contribution in [3.63, 3.8) is 0 Å². The first-order valence-electron chi connectivity index (χ1n) is 6.37. The van der Waals surface area contributed by atoms with E-state index < -0.39 is 0 Å². The predicted molar refractivity (Wildman–Crippen MR) is 73.7 cm³/mol. The number of aliphatic hydroxyl groups is 1. The van der Waals surface area contributed by atoms with E-state index in [0.717, 1.165) is 29.0 Å². The van der Waals surface area contributed by atoms with Crippen molar-refractivity contribution < 1.29 is 14.6 Å². The van der Waals surface area contributed by atoms with Gasteiger partial charge >= 0.3 is 0 Å². The maximum Gasteiger partial charge on any atom is 0.249 e. The molecular formula is C14H17NO3S. The standard InChI is InChI=1S/C14H17NO3S/c16-8-3-4-11-6-7-12(19-11)10-15-14(17)13-5-1-2-9-18-13/h6-7,13,16H,1-2,5,8-10H2,(H,15,17). The predicted octanol–water partition coefficient (Wildman–Crippen LogP) is 1.28. The highest BCUT2D eigenvalue weighted by Gasteiger charge is 2.21. The second-order valence-electron chi connectivity index (χ2n) is 4.30. The van der Waals surface area contributed by atoms with Crippen LogP contribution in [0.25, 0.3) is 0 Å². The Balaban J connectivity index is 1.81. The third-order valence-electron chi connectivity index (χ3n) is 2.86. The third kappa shape index (κ3) is 4.35. The van der Waals surface area contributed by atoms with Gasteiger partial charge in [0.1, 0.15) is 12.7 Å². The summed E-state index contributed by atoms with van der Waals surface area (Å²) in [5, 5.41) is 11.5. The van der Waals surface area contributed by atoms with Gasteiger partial charge in [0.2, 0.25) is 5.91 Å². The van der Waals surface area contributed by atoms with E-state index in [1.165, 1.54) is 11.3 Å². The van der Waals surface area contributed by atoms with Crippen LogP contribution in [0.2, 0.25) is 0 Å². The molecule has 102 valence electrons. The summed E-state index contributed by atoms with van der Waals surface area (Å²) >= 11 is 1.52. The fourth-order valence-corrected chi connectivity index (χ4v) is 2.72. The molecule has 1 aromatic rings. The summed E-state index contributed by atoms with van der Waals surface area (Å²) in [6.07, 6.45) is 2.62. The molecule has 1 aliphatic heterocycles. The van der Waals surface area contributed by atoms with Crippen LogP contribution >= 0.6 is 11.3 Å². The summed E-state index contributed by atoms with van der Waals surface area (Å²) in [6.45, 7) is 1.05. The second kappa shape index (κ2) is 7.29. The minimum Gasteiger partial charge on any atom is -0.384 e. The van der Waals surface area contributed by atoms with Gasteiger partial charge in [0.15, 0.2) is 0 Å². The molecule has 1 atom stereocenters. The average molecular weight is 279 g/mol. The highest BCUT2D eigenvalue weighted by Crippen LogP contribution is 2.16. The SMILES string of the molecule is O=C(NCc1ccc(C#CCO)s1)C1CCCCO1. The lowest BCUT2D eigenvalue weighted by atomic mass is 10.1. The molecule has 1 aliphatic rings. The number of carbonyl (C=O) groups is 1. The Labute approximate surface area is 116 Å². The molecule has 1 aromatic heterocycles. The van der Waals surface area contributed by atoms with Crippen LogP contribution in [-0.4, -0.2) is 30.3 Å². The van der Waals surface area contributed by atoms with Gasteiger partial charge in [0.25, 0.3) is 0 Å². The Kier molecular flexibility index (Phi) is 5.40. The molecular weight excluding hydrogens is 262 g/mol. The largest absolute Gasteiger partial charge is 0.384 e. The van der Waals surface area contributed by atoms with Crippen molar-refractivity contribution in [2.45, 2.75) is 31.9 Å². The van der Waals surface area contributed by atoms with Gasteiger partial charge in [-0.15, -0.1) is 11.3 Å². The van der Waals surface area contributed by atoms with Crippen molar-refractivity contribution in [3.8, 4) is 11.8 Å². The van der Waals surface area contributed by atoms with E-state index >= 15 is 0 Å². The lowest BCUT2D eigenvalue weighted by molar-refractivity contribution is -0.135. The molecule has 2 N–H and O–H groups in total. The van der Waals surface area contributed by atoms with Gasteiger partial charge in [0.05, 0.1) is 11.4 Å². The number of aliphatic hydroxyl groups excluding tert-OH is 1. The Morgan fingerprint density at radius 1 is 1.53 bits per heavy atom. The molecule has 2 rings (SSSR count). The highest BCUT2D eigenvalue weighted by atomic mass is 32.1. The third-order valence-corrected chi connectivity index (χ3v) is 3.86. The Hall–Kier alpha value is -1.35. The topological polar surface area (TPSA) is 58.6 Å². The zero-order valence-corrected chi connectivity index (χ0v) is 11.5. The maximum absolute atomic E-state index is 11.9. The van der Waals surface area contributed by atoms with Gasteiger partial charge in [-0.2, -0.15) is 0 Å². The molecule has 5 heteroatoms. The van der Waals surface area contributed by atoms with Crippen molar-refractivity contribution in [2.75, 3.05) is 13.2 Å². The normalized spacial score (nSPS) is 18.5. The first-order chi connectivity index (χ1) is 9.29. The van der Waals surface area contributed by atoms with Crippen molar-refractivity contribution in [1.29, 1.82) is 0 Å². The Morgan fingerprint density at radius 3 is 3.16 bits per heavy atom. The number of nitrogens with one attached hydrogen (secondary N) is 1. The molecule has 0 radical (unpaired) electrons. The molecule has 0 bridgehead atoms. The van der Waals surface area contributed by atoms with Gasteiger partial charge in [-0.05, 0) is 31.4 Å². The van der Waals surface area contributed by atoms with Gasteiger partial charge < -0.3 is 15.2 Å². The molecule has 1 amide bonds. The monoisotopic (exact) mass is 279 g/mol. The van der Waals surface area contributed by atoms with E-state index in [9.17, 15) is 4.79 Å². The Bertz CT molecular complexity index is 480. The van der Waals surface area contributed by atoms with Crippen LogP contribution in [0.4, 0.5) is 0 Å². The number of hydrogen-bond donors (Lipinski definition) is 2. The van der Waals surface area contributed by atoms with E-state index in [1.54, 1.807) is 0 Å². The van der Waals surface area contributed by atoms with Crippen LogP contribution < -0.4 is 5.32 Å². The summed E-state index contributed by atoms with van der Waals surface area (Å²) in [4.78, 5) is 13.8. The highest BCUT2D eigenvalue weighted by molar-refractivity contribution is 7.12. The molecule has 1 fully saturated rings. The molecule has 0 spiro atoms. The number of ether oxygens (including phenoxy) is 1. The lowest BCUT2D eigenvalue weighted by Gasteiger charge is -2.21. The fourth-order valence-electron chi connectivity index (χ4n) is 1.90. The molecule has 0 saturated carbocycles. The summed E-state index contributed by atoms with van der Waals surface area (Å²) < 4.78 is 5.43. The van der Waals surface area contributed by atoms with Crippen molar-refractivity contribution in [1.82, 2.24) is 5.32 Å². The van der Waals surface area contributed by atoms with E-state index in [4.69, 9.17) is 9.84 Å². The summed E-state index contributed by atoms with van der Waals surface area (Å²) in [5.74, 6) is 5.42. The zero-order valence-electron chi connectivity index (χ0n) is 10.6. The van der Waals surface area contributed by atoms with Crippen LogP contribution in [0, 0.1) is 11.8 Å². The molecule has 0 aliphatic carbocycles. The quantitative estimate of drug-likeness (QED) is 0.819. The fraction of sp³-hybridized carbons (Fsp3) is 0.500. The molecule has 19 heavy (non-hydrogen) atoms. The van der Waals surface area contributed by atoms with Crippen molar-refractivity contribution >= 4 is 17.2 Å². The summed E-state index contributed by atoms with van der Waals surface area (Å²) in [6, 6.07) is 3.83. The minimum absolute atomic E-state index is 0.0314. The number of thiophene rings is 1. The molecule has 1 saturated heterocycles. The van der Waals surface area contributed by atoms with Gasteiger partial charge in [-0.3, -0.25) is 4.79 Å². The van der Waals surface area contributed by atoms with E-state index in [-0.39, 0.29) is 18.6 Å². The molecule has 4 nitrogen and oxygen atoms in total. The van der Waals surface area contributed by atoms with E-state index in [2.05, 4.69) is 17.2 Å². The number of rotatable bonds is 3. The van der Waals surface area contributed by atoms with Crippen LogP contribution in [0.1, 0.15) is 29.0 Å². The van der Waals surface area contributed by atoms with Crippen LogP contribution in [-0.2, 0) is 16.1 Å². The zero-order chi connectivity index (χ0) is 13.5. The van der Waals surface area contributed by atoms with Crippen LogP contribution in [0.3, 0.4) is 0 Å². The van der Waals surface area contributed by atoms with Crippen molar-refractivity contribution in [3.05, 3.63) is 21.9 Å². The van der Waals surface area contributed by atoms with Crippen LogP contribution in [0.5, 0.6) is 0 Å². The van der Waals surface area contributed by atoms with Gasteiger partial charge in [0, 0.05) is 11.5 Å². The van der Waals surface area contributed by atoms with Crippen molar-refractivity contribution in [2.24, 2.45) is 0 Å².